The molecule has 0 aromatic rings. The maximum absolute atomic E-state index is 11.9. The summed E-state index contributed by atoms with van der Waals surface area (Å²) in [7, 11) is 0. The summed E-state index contributed by atoms with van der Waals surface area (Å²) in [6.07, 6.45) is 1.97. The summed E-state index contributed by atoms with van der Waals surface area (Å²) in [5.74, 6) is 0.942. The number of rotatable bonds is 7. The third-order valence-corrected chi connectivity index (χ3v) is 3.87. The van der Waals surface area contributed by atoms with Crippen LogP contribution in [0.5, 0.6) is 0 Å². The van der Waals surface area contributed by atoms with E-state index in [1.54, 1.807) is 16.7 Å². The zero-order chi connectivity index (χ0) is 13.4. The van der Waals surface area contributed by atoms with Crippen LogP contribution < -0.4 is 0 Å². The van der Waals surface area contributed by atoms with Crippen molar-refractivity contribution in [1.82, 2.24) is 4.90 Å². The third kappa shape index (κ3) is 5.27. The highest BCUT2D eigenvalue weighted by Gasteiger charge is 2.28. The molecular weight excluding hydrogens is 254 g/mol. The fourth-order valence-corrected chi connectivity index (χ4v) is 2.71. The van der Waals surface area contributed by atoms with Crippen molar-refractivity contribution in [3.05, 3.63) is 0 Å². The van der Waals surface area contributed by atoms with Gasteiger partial charge < -0.3 is 14.7 Å². The normalized spacial score (nSPS) is 19.8. The maximum Gasteiger partial charge on any atom is 0.334 e. The molecule has 0 aromatic heterocycles. The third-order valence-electron chi connectivity index (χ3n) is 2.80. The van der Waals surface area contributed by atoms with Crippen LogP contribution >= 0.6 is 11.8 Å². The van der Waals surface area contributed by atoms with Gasteiger partial charge in [0.2, 0.25) is 5.91 Å². The number of carboxylic acid groups (broad SMARTS) is 1. The average Bonchev–Trinajstić information content (AvgIpc) is 2.38. The summed E-state index contributed by atoms with van der Waals surface area (Å²) < 4.78 is 5.08. The fraction of sp³-hybridized carbons (Fsp3) is 0.833. The van der Waals surface area contributed by atoms with E-state index in [0.717, 1.165) is 11.5 Å². The lowest BCUT2D eigenvalue weighted by molar-refractivity contribution is -0.159. The summed E-state index contributed by atoms with van der Waals surface area (Å²) in [4.78, 5) is 24.3. The summed E-state index contributed by atoms with van der Waals surface area (Å²) in [5, 5.41) is 8.84. The molecule has 1 rings (SSSR count). The molecule has 0 saturated carbocycles. The van der Waals surface area contributed by atoms with E-state index in [1.165, 1.54) is 12.8 Å². The number of carbonyl (C=O) groups is 2. The number of carbonyl (C=O) groups excluding carboxylic acids is 1. The van der Waals surface area contributed by atoms with Gasteiger partial charge in [-0.15, -0.1) is 0 Å². The van der Waals surface area contributed by atoms with E-state index in [2.05, 4.69) is 6.92 Å². The molecule has 1 heterocycles. The maximum atomic E-state index is 11.9. The summed E-state index contributed by atoms with van der Waals surface area (Å²) in [6, 6.07) is 0. The monoisotopic (exact) mass is 275 g/mol. The molecule has 1 atom stereocenters. The molecule has 0 bridgehead atoms. The lowest BCUT2D eigenvalue weighted by Crippen LogP contribution is -2.48. The Bertz CT molecular complexity index is 285. The lowest BCUT2D eigenvalue weighted by atomic mass is 10.2. The second-order valence-corrected chi connectivity index (χ2v) is 5.48. The molecule has 18 heavy (non-hydrogen) atoms. The lowest BCUT2D eigenvalue weighted by Gasteiger charge is -2.30. The molecule has 5 nitrogen and oxygen atoms in total. The van der Waals surface area contributed by atoms with E-state index in [4.69, 9.17) is 9.84 Å². The van der Waals surface area contributed by atoms with E-state index in [0.29, 0.717) is 19.6 Å². The smallest absolute Gasteiger partial charge is 0.334 e. The number of unbranched alkanes of at least 4 members (excludes halogenated alkanes) is 1. The zero-order valence-electron chi connectivity index (χ0n) is 10.8. The average molecular weight is 275 g/mol. The Labute approximate surface area is 112 Å². The molecule has 1 fully saturated rings. The second kappa shape index (κ2) is 8.37. The first-order valence-corrected chi connectivity index (χ1v) is 7.50. The van der Waals surface area contributed by atoms with Gasteiger partial charge in [-0.05, 0) is 12.2 Å². The van der Waals surface area contributed by atoms with E-state index in [9.17, 15) is 9.59 Å². The van der Waals surface area contributed by atoms with E-state index < -0.39 is 12.1 Å². The topological polar surface area (TPSA) is 66.8 Å². The Morgan fingerprint density at radius 1 is 1.44 bits per heavy atom. The largest absolute Gasteiger partial charge is 0.479 e. The van der Waals surface area contributed by atoms with Crippen LogP contribution in [0.1, 0.15) is 26.2 Å². The number of ether oxygens (including phenoxy) is 1. The molecule has 0 radical (unpaired) electrons. The molecular formula is C12H21NO4S. The molecule has 0 aliphatic carbocycles. The van der Waals surface area contributed by atoms with Gasteiger partial charge in [0.15, 0.2) is 6.10 Å². The van der Waals surface area contributed by atoms with Gasteiger partial charge in [0, 0.05) is 18.7 Å². The van der Waals surface area contributed by atoms with Crippen molar-refractivity contribution in [2.75, 3.05) is 31.2 Å². The molecule has 1 N–H and O–H groups in total. The Morgan fingerprint density at radius 2 is 2.22 bits per heavy atom. The van der Waals surface area contributed by atoms with Crippen LogP contribution in [0.3, 0.4) is 0 Å². The number of hydrogen-bond donors (Lipinski definition) is 1. The van der Waals surface area contributed by atoms with Crippen molar-refractivity contribution < 1.29 is 19.4 Å². The number of hydrogen-bond acceptors (Lipinski definition) is 4. The predicted molar refractivity (Wildman–Crippen MR) is 70.8 cm³/mol. The number of thioether (sulfide) groups is 1. The number of aliphatic carboxylic acids is 1. The van der Waals surface area contributed by atoms with Gasteiger partial charge in [0.05, 0.1) is 13.2 Å². The minimum absolute atomic E-state index is 0.0357. The van der Waals surface area contributed by atoms with Crippen LogP contribution in [0, 0.1) is 0 Å². The first-order valence-electron chi connectivity index (χ1n) is 6.35. The van der Waals surface area contributed by atoms with Gasteiger partial charge in [0.25, 0.3) is 0 Å². The number of carboxylic acids is 1. The second-order valence-electron chi connectivity index (χ2n) is 4.25. The van der Waals surface area contributed by atoms with Gasteiger partial charge in [-0.1, -0.05) is 13.3 Å². The van der Waals surface area contributed by atoms with Crippen molar-refractivity contribution >= 4 is 23.6 Å². The van der Waals surface area contributed by atoms with Crippen LogP contribution in [-0.4, -0.2) is 59.2 Å². The van der Waals surface area contributed by atoms with Gasteiger partial charge in [-0.3, -0.25) is 4.79 Å². The zero-order valence-corrected chi connectivity index (χ0v) is 11.6. The summed E-state index contributed by atoms with van der Waals surface area (Å²) >= 11 is 1.78. The van der Waals surface area contributed by atoms with Gasteiger partial charge >= 0.3 is 5.97 Å². The SMILES string of the molecule is CCCCSCCC(=O)N1CCOC(C(=O)O)C1. The quantitative estimate of drug-likeness (QED) is 0.708. The highest BCUT2D eigenvalue weighted by atomic mass is 32.2. The van der Waals surface area contributed by atoms with E-state index in [1.807, 2.05) is 0 Å². The van der Waals surface area contributed by atoms with Crippen LogP contribution in [-0.2, 0) is 14.3 Å². The first-order chi connectivity index (χ1) is 8.65. The van der Waals surface area contributed by atoms with Gasteiger partial charge in [-0.2, -0.15) is 11.8 Å². The summed E-state index contributed by atoms with van der Waals surface area (Å²) in [5.41, 5.74) is 0. The van der Waals surface area contributed by atoms with E-state index in [-0.39, 0.29) is 12.5 Å². The van der Waals surface area contributed by atoms with Gasteiger partial charge in [0.1, 0.15) is 0 Å². The van der Waals surface area contributed by atoms with Crippen molar-refractivity contribution in [3.63, 3.8) is 0 Å². The summed E-state index contributed by atoms with van der Waals surface area (Å²) in [6.45, 7) is 3.13. The Balaban J connectivity index is 2.22. The van der Waals surface area contributed by atoms with Crippen molar-refractivity contribution in [2.45, 2.75) is 32.3 Å². The minimum atomic E-state index is -0.996. The molecule has 1 unspecified atom stereocenters. The fourth-order valence-electron chi connectivity index (χ4n) is 1.69. The van der Waals surface area contributed by atoms with Crippen LogP contribution in [0.25, 0.3) is 0 Å². The number of morpholine rings is 1. The molecule has 6 heteroatoms. The first kappa shape index (κ1) is 15.3. The molecule has 1 amide bonds. The van der Waals surface area contributed by atoms with Crippen LogP contribution in [0.4, 0.5) is 0 Å². The molecule has 0 spiro atoms. The van der Waals surface area contributed by atoms with Crippen molar-refractivity contribution in [3.8, 4) is 0 Å². The highest BCUT2D eigenvalue weighted by Crippen LogP contribution is 2.11. The van der Waals surface area contributed by atoms with Crippen LogP contribution in [0.2, 0.25) is 0 Å². The predicted octanol–water partition coefficient (Wildman–Crippen LogP) is 1.22. The molecule has 1 saturated heterocycles. The molecule has 104 valence electrons. The molecule has 1 aliphatic heterocycles. The van der Waals surface area contributed by atoms with Crippen molar-refractivity contribution in [1.29, 1.82) is 0 Å². The Morgan fingerprint density at radius 3 is 2.89 bits per heavy atom. The molecule has 0 aromatic carbocycles. The van der Waals surface area contributed by atoms with E-state index >= 15 is 0 Å². The number of amides is 1. The highest BCUT2D eigenvalue weighted by molar-refractivity contribution is 7.99. The van der Waals surface area contributed by atoms with Crippen LogP contribution in [0.15, 0.2) is 0 Å². The molecule has 1 aliphatic rings. The van der Waals surface area contributed by atoms with Gasteiger partial charge in [-0.25, -0.2) is 4.79 Å². The Kier molecular flexibility index (Phi) is 7.12. The number of nitrogens with zero attached hydrogens (tertiary/aromatic N) is 1. The standard InChI is InChI=1S/C12H21NO4S/c1-2-3-7-18-8-4-11(14)13-5-6-17-10(9-13)12(15)16/h10H,2-9H2,1H3,(H,15,16). The minimum Gasteiger partial charge on any atom is -0.479 e. The van der Waals surface area contributed by atoms with Crippen molar-refractivity contribution in [2.24, 2.45) is 0 Å². The Hall–Kier alpha value is -0.750.